The number of hydrogen-bond donors (Lipinski definition) is 2. The summed E-state index contributed by atoms with van der Waals surface area (Å²) in [6.45, 7) is 2.28. The minimum Gasteiger partial charge on any atom is -0.367 e. The molecule has 3 rings (SSSR count). The topological polar surface area (TPSA) is 66.5 Å². The summed E-state index contributed by atoms with van der Waals surface area (Å²) in [6.07, 6.45) is 9.83. The molecule has 0 aliphatic heterocycles. The van der Waals surface area contributed by atoms with Gasteiger partial charge in [0.05, 0.1) is 11.6 Å². The Bertz CT molecular complexity index is 521. The normalized spacial score (nSPS) is 24.3. The first-order valence-electron chi connectivity index (χ1n) is 6.77. The summed E-state index contributed by atoms with van der Waals surface area (Å²) in [5.74, 6) is 1.77. The molecule has 0 aromatic carbocycles. The van der Waals surface area contributed by atoms with Crippen LogP contribution in [0.25, 0.3) is 11.0 Å². The third-order valence-corrected chi connectivity index (χ3v) is 3.95. The van der Waals surface area contributed by atoms with Gasteiger partial charge >= 0.3 is 0 Å². The average Bonchev–Trinajstić information content (AvgIpc) is 2.88. The predicted octanol–water partition coefficient (Wildman–Crippen LogP) is 2.73. The van der Waals surface area contributed by atoms with Crippen molar-refractivity contribution < 1.29 is 0 Å². The van der Waals surface area contributed by atoms with Gasteiger partial charge in [0.2, 0.25) is 0 Å². The first-order valence-corrected chi connectivity index (χ1v) is 6.77. The Kier molecular flexibility index (Phi) is 3.13. The highest BCUT2D eigenvalue weighted by molar-refractivity contribution is 5.85. The Hall–Kier alpha value is -1.65. The van der Waals surface area contributed by atoms with Crippen LogP contribution in [0.15, 0.2) is 12.5 Å². The monoisotopic (exact) mass is 245 g/mol. The molecule has 2 aromatic rings. The highest BCUT2D eigenvalue weighted by Gasteiger charge is 2.21. The van der Waals surface area contributed by atoms with Gasteiger partial charge in [0.15, 0.2) is 5.65 Å². The molecular formula is C13H19N5. The zero-order valence-electron chi connectivity index (χ0n) is 10.7. The van der Waals surface area contributed by atoms with E-state index >= 15 is 0 Å². The van der Waals surface area contributed by atoms with Crippen molar-refractivity contribution in [2.75, 3.05) is 5.32 Å². The summed E-state index contributed by atoms with van der Waals surface area (Å²) in [5, 5.41) is 11.4. The highest BCUT2D eigenvalue weighted by atomic mass is 15.2. The number of H-pyrrole nitrogens is 1. The average molecular weight is 245 g/mol. The van der Waals surface area contributed by atoms with Crippen LogP contribution in [-0.4, -0.2) is 26.2 Å². The van der Waals surface area contributed by atoms with Gasteiger partial charge in [0.25, 0.3) is 0 Å². The Morgan fingerprint density at radius 2 is 2.33 bits per heavy atom. The Morgan fingerprint density at radius 1 is 1.39 bits per heavy atom. The standard InChI is InChI=1S/C13H19N5/c1-2-9-4-3-5-10(6-9)17-12-11-7-16-18-13(11)15-8-14-12/h7-10H,2-6H2,1H3,(H2,14,15,16,17,18). The summed E-state index contributed by atoms with van der Waals surface area (Å²) in [4.78, 5) is 8.50. The Labute approximate surface area is 106 Å². The van der Waals surface area contributed by atoms with Crippen LogP contribution in [0.4, 0.5) is 5.82 Å². The van der Waals surface area contributed by atoms with Crippen LogP contribution in [0, 0.1) is 5.92 Å². The minimum atomic E-state index is 0.539. The zero-order chi connectivity index (χ0) is 12.4. The molecule has 0 spiro atoms. The quantitative estimate of drug-likeness (QED) is 0.872. The minimum absolute atomic E-state index is 0.539. The van der Waals surface area contributed by atoms with E-state index in [1.54, 1.807) is 12.5 Å². The SMILES string of the molecule is CCC1CCCC(Nc2ncnc3[nH]ncc23)C1. The molecule has 96 valence electrons. The lowest BCUT2D eigenvalue weighted by Crippen LogP contribution is -2.27. The van der Waals surface area contributed by atoms with Crippen LogP contribution in [0.3, 0.4) is 0 Å². The van der Waals surface area contributed by atoms with E-state index in [9.17, 15) is 0 Å². The molecule has 2 heterocycles. The first kappa shape index (κ1) is 11.4. The van der Waals surface area contributed by atoms with E-state index in [1.807, 2.05) is 0 Å². The Morgan fingerprint density at radius 3 is 3.22 bits per heavy atom. The number of rotatable bonds is 3. The summed E-state index contributed by atoms with van der Waals surface area (Å²) in [5.41, 5.74) is 0.801. The van der Waals surface area contributed by atoms with Crippen LogP contribution >= 0.6 is 0 Å². The number of fused-ring (bicyclic) bond motifs is 1. The van der Waals surface area contributed by atoms with E-state index < -0.39 is 0 Å². The zero-order valence-corrected chi connectivity index (χ0v) is 10.7. The first-order chi connectivity index (χ1) is 8.86. The second-order valence-electron chi connectivity index (χ2n) is 5.14. The number of aromatic amines is 1. The van der Waals surface area contributed by atoms with Gasteiger partial charge in [-0.2, -0.15) is 5.10 Å². The maximum atomic E-state index is 4.34. The van der Waals surface area contributed by atoms with E-state index in [-0.39, 0.29) is 0 Å². The van der Waals surface area contributed by atoms with Crippen molar-refractivity contribution in [2.24, 2.45) is 5.92 Å². The molecule has 0 radical (unpaired) electrons. The fraction of sp³-hybridized carbons (Fsp3) is 0.615. The van der Waals surface area contributed by atoms with E-state index in [0.717, 1.165) is 22.8 Å². The lowest BCUT2D eigenvalue weighted by atomic mass is 9.84. The van der Waals surface area contributed by atoms with Gasteiger partial charge in [0.1, 0.15) is 12.1 Å². The second kappa shape index (κ2) is 4.92. The van der Waals surface area contributed by atoms with Crippen molar-refractivity contribution >= 4 is 16.9 Å². The molecule has 1 fully saturated rings. The molecule has 0 amide bonds. The van der Waals surface area contributed by atoms with Crippen LogP contribution in [0.2, 0.25) is 0 Å². The lowest BCUT2D eigenvalue weighted by molar-refractivity contribution is 0.327. The van der Waals surface area contributed by atoms with E-state index in [4.69, 9.17) is 0 Å². The summed E-state index contributed by atoms with van der Waals surface area (Å²) < 4.78 is 0. The molecule has 18 heavy (non-hydrogen) atoms. The number of nitrogens with zero attached hydrogens (tertiary/aromatic N) is 3. The number of anilines is 1. The van der Waals surface area contributed by atoms with Crippen LogP contribution in [-0.2, 0) is 0 Å². The van der Waals surface area contributed by atoms with E-state index in [2.05, 4.69) is 32.4 Å². The summed E-state index contributed by atoms with van der Waals surface area (Å²) in [7, 11) is 0. The third kappa shape index (κ3) is 2.17. The van der Waals surface area contributed by atoms with Crippen molar-refractivity contribution in [2.45, 2.75) is 45.1 Å². The van der Waals surface area contributed by atoms with Crippen molar-refractivity contribution in [3.8, 4) is 0 Å². The molecule has 2 aromatic heterocycles. The summed E-state index contributed by atoms with van der Waals surface area (Å²) >= 11 is 0. The molecule has 1 aliphatic rings. The van der Waals surface area contributed by atoms with Gasteiger partial charge < -0.3 is 5.32 Å². The summed E-state index contributed by atoms with van der Waals surface area (Å²) in [6, 6.07) is 0.539. The number of nitrogens with one attached hydrogen (secondary N) is 2. The fourth-order valence-corrected chi connectivity index (χ4v) is 2.87. The van der Waals surface area contributed by atoms with Crippen molar-refractivity contribution in [3.63, 3.8) is 0 Å². The molecule has 5 heteroatoms. The van der Waals surface area contributed by atoms with Crippen LogP contribution in [0.1, 0.15) is 39.0 Å². The molecule has 2 unspecified atom stereocenters. The maximum absolute atomic E-state index is 4.34. The third-order valence-electron chi connectivity index (χ3n) is 3.95. The van der Waals surface area contributed by atoms with Gasteiger partial charge in [-0.3, -0.25) is 5.10 Å². The van der Waals surface area contributed by atoms with Gasteiger partial charge in [-0.05, 0) is 18.8 Å². The maximum Gasteiger partial charge on any atom is 0.160 e. The number of hydrogen-bond acceptors (Lipinski definition) is 4. The van der Waals surface area contributed by atoms with Gasteiger partial charge in [-0.25, -0.2) is 9.97 Å². The van der Waals surface area contributed by atoms with Crippen molar-refractivity contribution in [3.05, 3.63) is 12.5 Å². The molecule has 5 nitrogen and oxygen atoms in total. The molecule has 0 bridgehead atoms. The van der Waals surface area contributed by atoms with Crippen LogP contribution in [0.5, 0.6) is 0 Å². The van der Waals surface area contributed by atoms with E-state index in [0.29, 0.717) is 6.04 Å². The fourth-order valence-electron chi connectivity index (χ4n) is 2.87. The van der Waals surface area contributed by atoms with Crippen molar-refractivity contribution in [1.82, 2.24) is 20.2 Å². The van der Waals surface area contributed by atoms with Crippen molar-refractivity contribution in [1.29, 1.82) is 0 Å². The lowest BCUT2D eigenvalue weighted by Gasteiger charge is -2.29. The molecule has 1 saturated carbocycles. The molecular weight excluding hydrogens is 226 g/mol. The predicted molar refractivity (Wildman–Crippen MR) is 71.3 cm³/mol. The molecule has 2 atom stereocenters. The van der Waals surface area contributed by atoms with Gasteiger partial charge in [-0.1, -0.05) is 26.2 Å². The second-order valence-corrected chi connectivity index (χ2v) is 5.14. The molecule has 1 aliphatic carbocycles. The largest absolute Gasteiger partial charge is 0.367 e. The Balaban J connectivity index is 1.77. The molecule has 0 saturated heterocycles. The van der Waals surface area contributed by atoms with Crippen LogP contribution < -0.4 is 5.32 Å². The number of aromatic nitrogens is 4. The van der Waals surface area contributed by atoms with E-state index in [1.165, 1.54) is 32.1 Å². The van der Waals surface area contributed by atoms with Gasteiger partial charge in [0, 0.05) is 6.04 Å². The highest BCUT2D eigenvalue weighted by Crippen LogP contribution is 2.29. The molecule has 2 N–H and O–H groups in total. The van der Waals surface area contributed by atoms with Gasteiger partial charge in [-0.15, -0.1) is 0 Å². The smallest absolute Gasteiger partial charge is 0.160 e.